The van der Waals surface area contributed by atoms with E-state index in [1.165, 1.54) is 53.5 Å². The first-order chi connectivity index (χ1) is 15.2. The lowest BCUT2D eigenvalue weighted by Gasteiger charge is -2.11. The van der Waals surface area contributed by atoms with Crippen molar-refractivity contribution >= 4 is 11.4 Å². The molecule has 31 heavy (non-hydrogen) atoms. The Hall–Kier alpha value is -2.48. The largest absolute Gasteiger partial charge is 0.493 e. The quantitative estimate of drug-likeness (QED) is 0.245. The number of hydrogen-bond donors (Lipinski definition) is 0. The van der Waals surface area contributed by atoms with Gasteiger partial charge in [0.1, 0.15) is 0 Å². The molecular weight excluding hydrogens is 376 g/mol. The fraction of sp³-hybridized carbons (Fsp3) is 0.448. The highest BCUT2D eigenvalue weighted by molar-refractivity contribution is 5.78. The molecule has 0 saturated heterocycles. The van der Waals surface area contributed by atoms with Crippen LogP contribution < -0.4 is 0 Å². The molecule has 0 aromatic heterocycles. The molecule has 2 aromatic rings. The normalized spacial score (nSPS) is 13.8. The Morgan fingerprint density at radius 1 is 0.677 bits per heavy atom. The second-order valence-electron chi connectivity index (χ2n) is 8.78. The van der Waals surface area contributed by atoms with Gasteiger partial charge in [0.05, 0.1) is 0 Å². The standard InChI is InChI=1S/C29H38N2/c1-4-7-10-13-23-17-19-25(20-18-23)28-22-27(15-9-6-3)29(31(28)30)26-16-11-14-24(21-26)12-8-5-2/h11,14,16-22H,4-10,12-13,15H2,1-3H3. The van der Waals surface area contributed by atoms with E-state index < -0.39 is 0 Å². The van der Waals surface area contributed by atoms with Crippen LogP contribution in [0.4, 0.5) is 0 Å². The summed E-state index contributed by atoms with van der Waals surface area (Å²) in [6.45, 7) is 6.69. The molecule has 2 nitrogen and oxygen atoms in total. The maximum absolute atomic E-state index is 11.2. The summed E-state index contributed by atoms with van der Waals surface area (Å²) in [5.41, 5.74) is 19.2. The van der Waals surface area contributed by atoms with E-state index in [0.717, 1.165) is 54.6 Å². The second-order valence-corrected chi connectivity index (χ2v) is 8.78. The van der Waals surface area contributed by atoms with E-state index in [0.29, 0.717) is 0 Å². The Balaban J connectivity index is 1.85. The zero-order valence-electron chi connectivity index (χ0n) is 19.7. The molecule has 0 saturated carbocycles. The van der Waals surface area contributed by atoms with Gasteiger partial charge in [0, 0.05) is 22.8 Å². The average molecular weight is 415 g/mol. The van der Waals surface area contributed by atoms with Crippen LogP contribution >= 0.6 is 0 Å². The lowest BCUT2D eigenvalue weighted by molar-refractivity contribution is -0.344. The molecular formula is C29H38N2. The van der Waals surface area contributed by atoms with Crippen LogP contribution in [0, 0.1) is 0 Å². The van der Waals surface area contributed by atoms with Gasteiger partial charge in [-0.3, -0.25) is 0 Å². The predicted molar refractivity (Wildman–Crippen MR) is 133 cm³/mol. The van der Waals surface area contributed by atoms with E-state index in [9.17, 15) is 5.53 Å². The Morgan fingerprint density at radius 3 is 2.06 bits per heavy atom. The molecule has 0 aliphatic carbocycles. The van der Waals surface area contributed by atoms with E-state index in [1.807, 2.05) is 0 Å². The molecule has 0 N–H and O–H groups in total. The van der Waals surface area contributed by atoms with Gasteiger partial charge in [0.15, 0.2) is 0 Å². The maximum Gasteiger partial charge on any atom is 0.210 e. The van der Waals surface area contributed by atoms with Crippen molar-refractivity contribution in [3.63, 3.8) is 0 Å². The lowest BCUT2D eigenvalue weighted by Crippen LogP contribution is -2.03. The molecule has 0 unspecified atom stereocenters. The monoisotopic (exact) mass is 414 g/mol. The highest BCUT2D eigenvalue weighted by Gasteiger charge is 2.28. The first-order valence-corrected chi connectivity index (χ1v) is 12.3. The molecule has 0 fully saturated rings. The average Bonchev–Trinajstić information content (AvgIpc) is 3.13. The summed E-state index contributed by atoms with van der Waals surface area (Å²) >= 11 is 0. The number of unbranched alkanes of at least 4 members (excludes halogenated alkanes) is 4. The minimum Gasteiger partial charge on any atom is -0.493 e. The number of benzene rings is 2. The highest BCUT2D eigenvalue weighted by Crippen LogP contribution is 2.37. The van der Waals surface area contributed by atoms with Crippen molar-refractivity contribution in [1.29, 1.82) is 0 Å². The lowest BCUT2D eigenvalue weighted by atomic mass is 9.99. The summed E-state index contributed by atoms with van der Waals surface area (Å²) < 4.78 is 1.43. The fourth-order valence-corrected chi connectivity index (χ4v) is 4.30. The molecule has 1 heterocycles. The van der Waals surface area contributed by atoms with Gasteiger partial charge in [-0.25, -0.2) is 4.70 Å². The number of hydrogen-bond acceptors (Lipinski definition) is 0. The highest BCUT2D eigenvalue weighted by atomic mass is 15.2. The Morgan fingerprint density at radius 2 is 1.35 bits per heavy atom. The van der Waals surface area contributed by atoms with Gasteiger partial charge in [-0.15, -0.1) is 0 Å². The third-order valence-electron chi connectivity index (χ3n) is 6.19. The minimum atomic E-state index is 0.889. The van der Waals surface area contributed by atoms with Crippen LogP contribution in [0.5, 0.6) is 0 Å². The van der Waals surface area contributed by atoms with Crippen molar-refractivity contribution in [3.05, 3.63) is 88.0 Å². The molecule has 0 bridgehead atoms. The van der Waals surface area contributed by atoms with Gasteiger partial charge >= 0.3 is 0 Å². The van der Waals surface area contributed by atoms with Gasteiger partial charge in [-0.05, 0) is 73.9 Å². The Bertz CT molecular complexity index is 931. The van der Waals surface area contributed by atoms with Gasteiger partial charge in [-0.1, -0.05) is 70.7 Å². The summed E-state index contributed by atoms with van der Waals surface area (Å²) in [7, 11) is 0. The van der Waals surface area contributed by atoms with E-state index >= 15 is 0 Å². The summed E-state index contributed by atoms with van der Waals surface area (Å²) in [6.07, 6.45) is 13.8. The first-order valence-electron chi connectivity index (χ1n) is 12.3. The maximum atomic E-state index is 11.2. The van der Waals surface area contributed by atoms with E-state index in [-0.39, 0.29) is 0 Å². The zero-order valence-corrected chi connectivity index (χ0v) is 19.7. The minimum absolute atomic E-state index is 0.889. The first kappa shape index (κ1) is 23.2. The van der Waals surface area contributed by atoms with Gasteiger partial charge < -0.3 is 5.53 Å². The summed E-state index contributed by atoms with van der Waals surface area (Å²) in [5.74, 6) is 0. The van der Waals surface area contributed by atoms with Crippen molar-refractivity contribution in [2.45, 2.75) is 85.0 Å². The van der Waals surface area contributed by atoms with Gasteiger partial charge in [-0.2, -0.15) is 0 Å². The SMILES string of the molecule is CCCCCc1ccc(C2=CC(CCCC)=C(c3cccc(CCCC)c3)[N+]2=[N-])cc1. The summed E-state index contributed by atoms with van der Waals surface area (Å²) in [5, 5.41) is 0. The Kier molecular flexibility index (Phi) is 8.82. The smallest absolute Gasteiger partial charge is 0.210 e. The predicted octanol–water partition coefficient (Wildman–Crippen LogP) is 8.75. The van der Waals surface area contributed by atoms with Crippen molar-refractivity contribution in [3.8, 4) is 0 Å². The van der Waals surface area contributed by atoms with Crippen LogP contribution in [-0.2, 0) is 12.8 Å². The van der Waals surface area contributed by atoms with Gasteiger partial charge in [0.25, 0.3) is 0 Å². The molecule has 2 aromatic carbocycles. The fourth-order valence-electron chi connectivity index (χ4n) is 4.30. The van der Waals surface area contributed by atoms with Crippen LogP contribution in [0.2, 0.25) is 0 Å². The van der Waals surface area contributed by atoms with Crippen LogP contribution in [0.3, 0.4) is 0 Å². The third-order valence-corrected chi connectivity index (χ3v) is 6.19. The van der Waals surface area contributed by atoms with Crippen molar-refractivity contribution < 1.29 is 4.70 Å². The molecule has 3 rings (SSSR count). The van der Waals surface area contributed by atoms with Crippen molar-refractivity contribution in [1.82, 2.24) is 0 Å². The molecule has 1 aliphatic rings. The number of nitrogens with zero attached hydrogens (tertiary/aromatic N) is 2. The zero-order chi connectivity index (χ0) is 22.1. The van der Waals surface area contributed by atoms with E-state index in [1.54, 1.807) is 0 Å². The number of allylic oxidation sites excluding steroid dienone is 2. The second kappa shape index (κ2) is 11.8. The molecule has 0 radical (unpaired) electrons. The summed E-state index contributed by atoms with van der Waals surface area (Å²) in [4.78, 5) is 0. The molecule has 0 spiro atoms. The topological polar surface area (TPSA) is 25.3 Å². The van der Waals surface area contributed by atoms with Crippen LogP contribution in [0.25, 0.3) is 16.9 Å². The Labute approximate surface area is 189 Å². The third kappa shape index (κ3) is 6.03. The van der Waals surface area contributed by atoms with Crippen LogP contribution in [-0.4, -0.2) is 4.70 Å². The molecule has 2 heteroatoms. The van der Waals surface area contributed by atoms with Crippen LogP contribution in [0.1, 0.15) is 94.4 Å². The van der Waals surface area contributed by atoms with E-state index in [4.69, 9.17) is 0 Å². The van der Waals surface area contributed by atoms with Crippen molar-refractivity contribution in [2.75, 3.05) is 0 Å². The molecule has 1 aliphatic heterocycles. The summed E-state index contributed by atoms with van der Waals surface area (Å²) in [6, 6.07) is 17.5. The van der Waals surface area contributed by atoms with Gasteiger partial charge in [0.2, 0.25) is 11.4 Å². The van der Waals surface area contributed by atoms with E-state index in [2.05, 4.69) is 75.4 Å². The number of aryl methyl sites for hydroxylation is 2. The number of rotatable bonds is 12. The molecule has 0 amide bonds. The molecule has 0 atom stereocenters. The molecule has 164 valence electrons. The van der Waals surface area contributed by atoms with Crippen LogP contribution in [0.15, 0.2) is 60.2 Å². The van der Waals surface area contributed by atoms with Crippen molar-refractivity contribution in [2.24, 2.45) is 0 Å².